The molecule has 1 fully saturated rings. The molecule has 7 nitrogen and oxygen atoms in total. The smallest absolute Gasteiger partial charge is 0.251 e. The van der Waals surface area contributed by atoms with E-state index in [2.05, 4.69) is 31.4 Å². The Hall–Kier alpha value is -1.58. The summed E-state index contributed by atoms with van der Waals surface area (Å²) in [5, 5.41) is 5.91. The molecule has 2 rings (SSSR count). The first-order valence-corrected chi connectivity index (χ1v) is 14.2. The minimum Gasteiger partial charge on any atom is -0.351 e. The van der Waals surface area contributed by atoms with Gasteiger partial charge in [-0.05, 0) is 61.3 Å². The zero-order chi connectivity index (χ0) is 23.9. The Morgan fingerprint density at radius 3 is 2.25 bits per heavy atom. The van der Waals surface area contributed by atoms with Crippen molar-refractivity contribution in [1.29, 1.82) is 0 Å². The van der Waals surface area contributed by atoms with Crippen molar-refractivity contribution in [3.8, 4) is 0 Å². The second kappa shape index (κ2) is 11.5. The van der Waals surface area contributed by atoms with E-state index >= 15 is 0 Å². The van der Waals surface area contributed by atoms with E-state index in [1.807, 2.05) is 18.4 Å². The van der Waals surface area contributed by atoms with Crippen LogP contribution in [-0.4, -0.2) is 67.5 Å². The lowest BCUT2D eigenvalue weighted by Crippen LogP contribution is -2.53. The first kappa shape index (κ1) is 26.7. The summed E-state index contributed by atoms with van der Waals surface area (Å²) in [5.74, 6) is 0.351. The summed E-state index contributed by atoms with van der Waals surface area (Å²) in [6.45, 7) is 8.80. The SMILES string of the molecule is CCS(=O)(=O)N1CCC(NC(=O)C(CCSC)NC(=O)c2ccc(C(C)(C)C)cc2)CC1. The largest absolute Gasteiger partial charge is 0.351 e. The van der Waals surface area contributed by atoms with E-state index in [4.69, 9.17) is 0 Å². The third-order valence-electron chi connectivity index (χ3n) is 5.80. The molecule has 180 valence electrons. The fourth-order valence-electron chi connectivity index (χ4n) is 3.63. The number of nitrogens with one attached hydrogen (secondary N) is 2. The topological polar surface area (TPSA) is 95.6 Å². The van der Waals surface area contributed by atoms with Gasteiger partial charge >= 0.3 is 0 Å². The number of benzene rings is 1. The average molecular weight is 484 g/mol. The van der Waals surface area contributed by atoms with Crippen molar-refractivity contribution in [3.05, 3.63) is 35.4 Å². The molecule has 0 radical (unpaired) electrons. The van der Waals surface area contributed by atoms with Gasteiger partial charge in [-0.15, -0.1) is 0 Å². The highest BCUT2D eigenvalue weighted by Crippen LogP contribution is 2.22. The zero-order valence-electron chi connectivity index (χ0n) is 19.8. The molecule has 1 heterocycles. The summed E-state index contributed by atoms with van der Waals surface area (Å²) in [7, 11) is -3.20. The molecular formula is C23H37N3O4S2. The number of carbonyl (C=O) groups is 2. The van der Waals surface area contributed by atoms with Crippen LogP contribution in [0.15, 0.2) is 24.3 Å². The molecule has 1 aromatic carbocycles. The molecule has 1 atom stereocenters. The molecule has 2 amide bonds. The summed E-state index contributed by atoms with van der Waals surface area (Å²) >= 11 is 1.62. The summed E-state index contributed by atoms with van der Waals surface area (Å²) in [4.78, 5) is 25.7. The molecule has 1 aliphatic rings. The predicted molar refractivity (Wildman–Crippen MR) is 132 cm³/mol. The minimum atomic E-state index is -3.20. The molecule has 0 spiro atoms. The third kappa shape index (κ3) is 7.49. The maximum Gasteiger partial charge on any atom is 0.251 e. The Kier molecular flexibility index (Phi) is 9.60. The highest BCUT2D eigenvalue weighted by Gasteiger charge is 2.29. The van der Waals surface area contributed by atoms with Gasteiger partial charge in [0, 0.05) is 24.7 Å². The molecule has 32 heavy (non-hydrogen) atoms. The molecule has 1 unspecified atom stereocenters. The molecule has 0 bridgehead atoms. The zero-order valence-corrected chi connectivity index (χ0v) is 21.4. The van der Waals surface area contributed by atoms with Crippen LogP contribution in [0.4, 0.5) is 0 Å². The van der Waals surface area contributed by atoms with Gasteiger partial charge in [0.2, 0.25) is 15.9 Å². The summed E-state index contributed by atoms with van der Waals surface area (Å²) in [5.41, 5.74) is 1.67. The molecule has 0 saturated carbocycles. The lowest BCUT2D eigenvalue weighted by molar-refractivity contribution is -0.124. The van der Waals surface area contributed by atoms with E-state index < -0.39 is 16.1 Å². The first-order chi connectivity index (χ1) is 15.0. The lowest BCUT2D eigenvalue weighted by Gasteiger charge is -2.32. The van der Waals surface area contributed by atoms with Crippen molar-refractivity contribution in [2.24, 2.45) is 0 Å². The monoisotopic (exact) mass is 483 g/mol. The van der Waals surface area contributed by atoms with E-state index in [0.717, 1.165) is 11.3 Å². The first-order valence-electron chi connectivity index (χ1n) is 11.2. The van der Waals surface area contributed by atoms with Crippen LogP contribution in [0.25, 0.3) is 0 Å². The van der Waals surface area contributed by atoms with E-state index in [9.17, 15) is 18.0 Å². The minimum absolute atomic E-state index is 0.00180. The van der Waals surface area contributed by atoms with Crippen LogP contribution < -0.4 is 10.6 Å². The number of hydrogen-bond donors (Lipinski definition) is 2. The van der Waals surface area contributed by atoms with E-state index in [0.29, 0.717) is 37.9 Å². The van der Waals surface area contributed by atoms with Crippen LogP contribution in [0, 0.1) is 0 Å². The predicted octanol–water partition coefficient (Wildman–Crippen LogP) is 2.77. The molecule has 1 aliphatic heterocycles. The molecule has 2 N–H and O–H groups in total. The maximum absolute atomic E-state index is 12.9. The van der Waals surface area contributed by atoms with E-state index in [1.165, 1.54) is 4.31 Å². The number of piperidine rings is 1. The van der Waals surface area contributed by atoms with Gasteiger partial charge in [0.25, 0.3) is 5.91 Å². The Bertz CT molecular complexity index is 871. The van der Waals surface area contributed by atoms with Crippen molar-refractivity contribution in [2.45, 2.75) is 64.5 Å². The highest BCUT2D eigenvalue weighted by molar-refractivity contribution is 7.98. The number of thioether (sulfide) groups is 1. The second-order valence-corrected chi connectivity index (χ2v) is 12.5. The molecule has 1 saturated heterocycles. The maximum atomic E-state index is 12.9. The van der Waals surface area contributed by atoms with Gasteiger partial charge in [0.1, 0.15) is 6.04 Å². The van der Waals surface area contributed by atoms with Crippen LogP contribution in [0.1, 0.15) is 62.9 Å². The number of carbonyl (C=O) groups excluding carboxylic acids is 2. The third-order valence-corrected chi connectivity index (χ3v) is 8.33. The number of sulfonamides is 1. The van der Waals surface area contributed by atoms with Gasteiger partial charge in [-0.3, -0.25) is 9.59 Å². The Morgan fingerprint density at radius 1 is 1.16 bits per heavy atom. The summed E-state index contributed by atoms with van der Waals surface area (Å²) in [6, 6.07) is 6.76. The van der Waals surface area contributed by atoms with Gasteiger partial charge in [-0.25, -0.2) is 12.7 Å². The standard InChI is InChI=1S/C23H37N3O4S2/c1-6-32(29,30)26-14-11-19(12-15-26)24-22(28)20(13-16-31-5)25-21(27)17-7-9-18(10-8-17)23(2,3)4/h7-10,19-20H,6,11-16H2,1-5H3,(H,24,28)(H,25,27). The Balaban J connectivity index is 1.98. The molecule has 0 aromatic heterocycles. The molecule has 0 aliphatic carbocycles. The number of rotatable bonds is 9. The van der Waals surface area contributed by atoms with Gasteiger partial charge < -0.3 is 10.6 Å². The quantitative estimate of drug-likeness (QED) is 0.563. The number of hydrogen-bond acceptors (Lipinski definition) is 5. The summed E-state index contributed by atoms with van der Waals surface area (Å²) < 4.78 is 25.6. The van der Waals surface area contributed by atoms with Crippen LogP contribution in [0.5, 0.6) is 0 Å². The van der Waals surface area contributed by atoms with Gasteiger partial charge in [-0.1, -0.05) is 32.9 Å². The Labute approximate surface area is 197 Å². The fraction of sp³-hybridized carbons (Fsp3) is 0.652. The molecular weight excluding hydrogens is 446 g/mol. The fourth-order valence-corrected chi connectivity index (χ4v) is 5.23. The average Bonchev–Trinajstić information content (AvgIpc) is 2.76. The van der Waals surface area contributed by atoms with Crippen molar-refractivity contribution in [1.82, 2.24) is 14.9 Å². The highest BCUT2D eigenvalue weighted by atomic mass is 32.2. The van der Waals surface area contributed by atoms with Crippen LogP contribution >= 0.6 is 11.8 Å². The van der Waals surface area contributed by atoms with Crippen LogP contribution in [0.2, 0.25) is 0 Å². The van der Waals surface area contributed by atoms with Crippen molar-refractivity contribution in [2.75, 3.05) is 30.9 Å². The van der Waals surface area contributed by atoms with Crippen molar-refractivity contribution < 1.29 is 18.0 Å². The Morgan fingerprint density at radius 2 is 1.75 bits per heavy atom. The van der Waals surface area contributed by atoms with E-state index in [1.54, 1.807) is 30.8 Å². The van der Waals surface area contributed by atoms with Gasteiger partial charge in [0.15, 0.2) is 0 Å². The van der Waals surface area contributed by atoms with Crippen LogP contribution in [0.3, 0.4) is 0 Å². The summed E-state index contributed by atoms with van der Waals surface area (Å²) in [6.07, 6.45) is 3.64. The van der Waals surface area contributed by atoms with Crippen LogP contribution in [-0.2, 0) is 20.2 Å². The second-order valence-electron chi connectivity index (χ2n) is 9.22. The number of amides is 2. The van der Waals surface area contributed by atoms with Crippen molar-refractivity contribution >= 4 is 33.6 Å². The molecule has 9 heteroatoms. The normalized spacial score (nSPS) is 17.0. The van der Waals surface area contributed by atoms with Gasteiger partial charge in [-0.2, -0.15) is 11.8 Å². The van der Waals surface area contributed by atoms with Crippen molar-refractivity contribution in [3.63, 3.8) is 0 Å². The van der Waals surface area contributed by atoms with Gasteiger partial charge in [0.05, 0.1) is 5.75 Å². The number of nitrogens with zero attached hydrogens (tertiary/aromatic N) is 1. The molecule has 1 aromatic rings. The van der Waals surface area contributed by atoms with E-state index in [-0.39, 0.29) is 29.0 Å². The lowest BCUT2D eigenvalue weighted by atomic mass is 9.86.